The fraction of sp³-hybridized carbons (Fsp3) is 0.333. The molecule has 1 atom stereocenters. The molecule has 1 heterocycles. The lowest BCUT2D eigenvalue weighted by Gasteiger charge is -2.12. The highest BCUT2D eigenvalue weighted by molar-refractivity contribution is 5.33. The van der Waals surface area contributed by atoms with Gasteiger partial charge in [-0.05, 0) is 50.1 Å². The molecule has 18 heavy (non-hydrogen) atoms. The third kappa shape index (κ3) is 2.74. The summed E-state index contributed by atoms with van der Waals surface area (Å²) in [7, 11) is 0. The summed E-state index contributed by atoms with van der Waals surface area (Å²) in [5.74, 6) is 1.39. The molecule has 96 valence electrons. The van der Waals surface area contributed by atoms with Gasteiger partial charge < -0.3 is 14.3 Å². The van der Waals surface area contributed by atoms with E-state index >= 15 is 0 Å². The minimum Gasteiger partial charge on any atom is -0.491 e. The minimum atomic E-state index is -0.729. The lowest BCUT2D eigenvalue weighted by molar-refractivity contribution is 0.188. The first-order valence-electron chi connectivity index (χ1n) is 6.06. The van der Waals surface area contributed by atoms with Crippen molar-refractivity contribution in [2.45, 2.75) is 33.0 Å². The zero-order valence-corrected chi connectivity index (χ0v) is 10.9. The van der Waals surface area contributed by atoms with Gasteiger partial charge in [0.25, 0.3) is 0 Å². The Morgan fingerprint density at radius 2 is 1.78 bits per heavy atom. The highest BCUT2D eigenvalue weighted by Crippen LogP contribution is 2.26. The monoisotopic (exact) mass is 246 g/mol. The van der Waals surface area contributed by atoms with E-state index in [1.807, 2.05) is 51.1 Å². The molecule has 0 spiro atoms. The average Bonchev–Trinajstić information content (AvgIpc) is 2.75. The summed E-state index contributed by atoms with van der Waals surface area (Å²) in [6.45, 7) is 5.88. The predicted octanol–water partition coefficient (Wildman–Crippen LogP) is 3.46. The Balaban J connectivity index is 2.17. The van der Waals surface area contributed by atoms with Gasteiger partial charge in [0.05, 0.1) is 12.4 Å². The third-order valence-corrected chi connectivity index (χ3v) is 2.72. The van der Waals surface area contributed by atoms with Gasteiger partial charge in [-0.15, -0.1) is 0 Å². The van der Waals surface area contributed by atoms with Crippen molar-refractivity contribution in [3.8, 4) is 5.75 Å². The minimum absolute atomic E-state index is 0.146. The Morgan fingerprint density at radius 1 is 1.11 bits per heavy atom. The molecule has 0 saturated heterocycles. The maximum atomic E-state index is 10.2. The quantitative estimate of drug-likeness (QED) is 0.898. The van der Waals surface area contributed by atoms with Crippen LogP contribution in [0.1, 0.15) is 36.8 Å². The van der Waals surface area contributed by atoms with Gasteiger partial charge in [-0.25, -0.2) is 0 Å². The zero-order valence-electron chi connectivity index (χ0n) is 10.9. The van der Waals surface area contributed by atoms with Gasteiger partial charge in [0, 0.05) is 0 Å². The number of rotatable bonds is 4. The topological polar surface area (TPSA) is 42.6 Å². The van der Waals surface area contributed by atoms with Crippen molar-refractivity contribution < 1.29 is 14.3 Å². The Morgan fingerprint density at radius 3 is 2.28 bits per heavy atom. The number of hydrogen-bond acceptors (Lipinski definition) is 3. The van der Waals surface area contributed by atoms with E-state index in [9.17, 15) is 5.11 Å². The summed E-state index contributed by atoms with van der Waals surface area (Å²) >= 11 is 0. The largest absolute Gasteiger partial charge is 0.491 e. The number of aliphatic hydroxyl groups is 1. The fourth-order valence-corrected chi connectivity index (χ4v) is 1.82. The molecule has 0 radical (unpaired) electrons. The summed E-state index contributed by atoms with van der Waals surface area (Å²) in [6.07, 6.45) is 1.01. The van der Waals surface area contributed by atoms with Crippen LogP contribution in [-0.4, -0.2) is 11.2 Å². The molecule has 0 bridgehead atoms. The molecule has 2 rings (SSSR count). The van der Waals surface area contributed by atoms with Crippen LogP contribution in [0.15, 0.2) is 41.0 Å². The van der Waals surface area contributed by atoms with E-state index in [1.54, 1.807) is 6.26 Å². The highest BCUT2D eigenvalue weighted by Gasteiger charge is 2.16. The van der Waals surface area contributed by atoms with Crippen LogP contribution in [0.2, 0.25) is 0 Å². The van der Waals surface area contributed by atoms with Crippen molar-refractivity contribution in [2.24, 2.45) is 0 Å². The maximum Gasteiger partial charge on any atom is 0.139 e. The van der Waals surface area contributed by atoms with Crippen molar-refractivity contribution >= 4 is 0 Å². The van der Waals surface area contributed by atoms with Crippen LogP contribution in [0, 0.1) is 6.92 Å². The van der Waals surface area contributed by atoms with Gasteiger partial charge in [0.15, 0.2) is 0 Å². The Hall–Kier alpha value is -1.74. The van der Waals surface area contributed by atoms with Gasteiger partial charge in [-0.3, -0.25) is 0 Å². The SMILES string of the molecule is Cc1ccoc1C(O)c1ccc(OC(C)C)cc1. The van der Waals surface area contributed by atoms with E-state index in [1.165, 1.54) is 0 Å². The smallest absolute Gasteiger partial charge is 0.139 e. The number of aliphatic hydroxyl groups excluding tert-OH is 1. The molecule has 2 aromatic rings. The number of hydrogen-bond donors (Lipinski definition) is 1. The second-order valence-electron chi connectivity index (χ2n) is 4.61. The van der Waals surface area contributed by atoms with Gasteiger partial charge in [-0.1, -0.05) is 12.1 Å². The lowest BCUT2D eigenvalue weighted by Crippen LogP contribution is -2.06. The predicted molar refractivity (Wildman–Crippen MR) is 69.7 cm³/mol. The molecule has 0 aliphatic carbocycles. The Bertz CT molecular complexity index is 497. The van der Waals surface area contributed by atoms with Crippen LogP contribution >= 0.6 is 0 Å². The summed E-state index contributed by atoms with van der Waals surface area (Å²) in [5.41, 5.74) is 1.74. The van der Waals surface area contributed by atoms with Gasteiger partial charge in [-0.2, -0.15) is 0 Å². The molecule has 0 saturated carbocycles. The van der Waals surface area contributed by atoms with Crippen LogP contribution in [0.4, 0.5) is 0 Å². The highest BCUT2D eigenvalue weighted by atomic mass is 16.5. The van der Waals surface area contributed by atoms with Crippen LogP contribution in [-0.2, 0) is 0 Å². The van der Waals surface area contributed by atoms with Crippen molar-refractivity contribution in [1.29, 1.82) is 0 Å². The molecule has 1 aromatic heterocycles. The van der Waals surface area contributed by atoms with Crippen molar-refractivity contribution in [3.63, 3.8) is 0 Å². The van der Waals surface area contributed by atoms with Gasteiger partial charge in [0.2, 0.25) is 0 Å². The first kappa shape index (κ1) is 12.7. The summed E-state index contributed by atoms with van der Waals surface area (Å²) in [4.78, 5) is 0. The molecule has 1 aromatic carbocycles. The first-order valence-corrected chi connectivity index (χ1v) is 6.06. The summed E-state index contributed by atoms with van der Waals surface area (Å²) in [6, 6.07) is 9.26. The van der Waals surface area contributed by atoms with Gasteiger partial charge in [0.1, 0.15) is 17.6 Å². The molecule has 0 fully saturated rings. The standard InChI is InChI=1S/C15H18O3/c1-10(2)18-13-6-4-12(5-7-13)14(16)15-11(3)8-9-17-15/h4-10,14,16H,1-3H3. The van der Waals surface area contributed by atoms with E-state index < -0.39 is 6.10 Å². The van der Waals surface area contributed by atoms with E-state index in [4.69, 9.17) is 9.15 Å². The van der Waals surface area contributed by atoms with Crippen LogP contribution in [0.5, 0.6) is 5.75 Å². The third-order valence-electron chi connectivity index (χ3n) is 2.72. The molecule has 0 aliphatic heterocycles. The fourth-order valence-electron chi connectivity index (χ4n) is 1.82. The van der Waals surface area contributed by atoms with Crippen LogP contribution in [0.25, 0.3) is 0 Å². The second-order valence-corrected chi connectivity index (χ2v) is 4.61. The molecular weight excluding hydrogens is 228 g/mol. The Kier molecular flexibility index (Phi) is 3.72. The first-order chi connectivity index (χ1) is 8.58. The molecule has 0 amide bonds. The van der Waals surface area contributed by atoms with Crippen molar-refractivity contribution in [1.82, 2.24) is 0 Å². The molecule has 1 N–H and O–H groups in total. The van der Waals surface area contributed by atoms with Crippen LogP contribution in [0.3, 0.4) is 0 Å². The van der Waals surface area contributed by atoms with Crippen molar-refractivity contribution in [2.75, 3.05) is 0 Å². The number of ether oxygens (including phenoxy) is 1. The zero-order chi connectivity index (χ0) is 13.1. The van der Waals surface area contributed by atoms with Crippen LogP contribution < -0.4 is 4.74 Å². The molecular formula is C15H18O3. The van der Waals surface area contributed by atoms with Gasteiger partial charge >= 0.3 is 0 Å². The normalized spacial score (nSPS) is 12.7. The molecule has 3 heteroatoms. The molecule has 1 unspecified atom stereocenters. The molecule has 0 aliphatic rings. The van der Waals surface area contributed by atoms with E-state index in [0.29, 0.717) is 5.76 Å². The Labute approximate surface area is 107 Å². The summed E-state index contributed by atoms with van der Waals surface area (Å²) in [5, 5.41) is 10.2. The molecule has 3 nitrogen and oxygen atoms in total. The number of aryl methyl sites for hydroxylation is 1. The van der Waals surface area contributed by atoms with E-state index in [0.717, 1.165) is 16.9 Å². The van der Waals surface area contributed by atoms with E-state index in [-0.39, 0.29) is 6.10 Å². The lowest BCUT2D eigenvalue weighted by atomic mass is 10.1. The maximum absolute atomic E-state index is 10.2. The van der Waals surface area contributed by atoms with Crippen molar-refractivity contribution in [3.05, 3.63) is 53.5 Å². The number of furan rings is 1. The van der Waals surface area contributed by atoms with E-state index in [2.05, 4.69) is 0 Å². The number of benzene rings is 1. The average molecular weight is 246 g/mol. The summed E-state index contributed by atoms with van der Waals surface area (Å²) < 4.78 is 10.9. The second kappa shape index (κ2) is 5.27.